The smallest absolute Gasteiger partial charge is 0.271 e. The lowest BCUT2D eigenvalue weighted by Crippen LogP contribution is -2.39. The van der Waals surface area contributed by atoms with E-state index >= 15 is 0 Å². The molecule has 0 radical (unpaired) electrons. The average molecular weight is 391 g/mol. The number of nitrogens with zero attached hydrogens (tertiary/aromatic N) is 4. The van der Waals surface area contributed by atoms with E-state index < -0.39 is 0 Å². The average Bonchev–Trinajstić information content (AvgIpc) is 3.30. The largest absolute Gasteiger partial charge is 0.372 e. The highest BCUT2D eigenvalue weighted by Crippen LogP contribution is 2.29. The van der Waals surface area contributed by atoms with E-state index in [1.54, 1.807) is 12.3 Å². The van der Waals surface area contributed by atoms with Crippen LogP contribution in [0.15, 0.2) is 48.8 Å². The van der Waals surface area contributed by atoms with Crippen molar-refractivity contribution in [2.45, 2.75) is 38.9 Å². The molecule has 29 heavy (non-hydrogen) atoms. The number of piperidine rings is 1. The van der Waals surface area contributed by atoms with Crippen LogP contribution >= 0.6 is 0 Å². The topological polar surface area (TPSA) is 84.0 Å². The Morgan fingerprint density at radius 2 is 2.10 bits per heavy atom. The zero-order valence-electron chi connectivity index (χ0n) is 16.5. The second-order valence-electron chi connectivity index (χ2n) is 7.37. The van der Waals surface area contributed by atoms with Crippen LogP contribution in [0.25, 0.3) is 0 Å². The summed E-state index contributed by atoms with van der Waals surface area (Å²) in [6, 6.07) is 11.8. The fraction of sp³-hybridized carbons (Fsp3) is 0.364. The van der Waals surface area contributed by atoms with E-state index in [1.807, 2.05) is 48.4 Å². The third-order valence-corrected chi connectivity index (χ3v) is 5.21. The molecule has 1 saturated heterocycles. The number of likely N-dealkylation sites (tertiary alicyclic amines) is 1. The molecule has 0 spiro atoms. The zero-order valence-corrected chi connectivity index (χ0v) is 16.5. The van der Waals surface area contributed by atoms with Crippen LogP contribution in [0.4, 0.5) is 0 Å². The Morgan fingerprint density at radius 3 is 2.90 bits per heavy atom. The van der Waals surface area contributed by atoms with Gasteiger partial charge in [0, 0.05) is 37.0 Å². The summed E-state index contributed by atoms with van der Waals surface area (Å²) in [5.41, 5.74) is 3.65. The SMILES string of the molecule is Cc1ncc(COCc2ccccc2)c(C2CCCN(C(=O)c3ccn[nH]3)C2)n1. The molecule has 1 atom stereocenters. The Balaban J connectivity index is 1.46. The number of aryl methyl sites for hydroxylation is 1. The maximum atomic E-state index is 12.7. The molecule has 7 nitrogen and oxygen atoms in total. The van der Waals surface area contributed by atoms with Gasteiger partial charge in [-0.1, -0.05) is 30.3 Å². The van der Waals surface area contributed by atoms with Gasteiger partial charge in [0.15, 0.2) is 0 Å². The fourth-order valence-electron chi connectivity index (χ4n) is 3.76. The lowest BCUT2D eigenvalue weighted by Gasteiger charge is -2.33. The first-order chi connectivity index (χ1) is 14.2. The van der Waals surface area contributed by atoms with Crippen LogP contribution < -0.4 is 0 Å². The number of nitrogens with one attached hydrogen (secondary N) is 1. The molecule has 0 bridgehead atoms. The van der Waals surface area contributed by atoms with Crippen LogP contribution in [0.1, 0.15) is 51.9 Å². The van der Waals surface area contributed by atoms with E-state index in [4.69, 9.17) is 9.72 Å². The highest BCUT2D eigenvalue weighted by molar-refractivity contribution is 5.92. The lowest BCUT2D eigenvalue weighted by atomic mass is 9.92. The number of aromatic amines is 1. The monoisotopic (exact) mass is 391 g/mol. The molecule has 1 unspecified atom stereocenters. The summed E-state index contributed by atoms with van der Waals surface area (Å²) in [5, 5.41) is 6.66. The molecule has 1 fully saturated rings. The molecule has 0 aliphatic carbocycles. The summed E-state index contributed by atoms with van der Waals surface area (Å²) in [6.07, 6.45) is 5.40. The number of rotatable bonds is 6. The van der Waals surface area contributed by atoms with Crippen molar-refractivity contribution in [3.63, 3.8) is 0 Å². The highest BCUT2D eigenvalue weighted by atomic mass is 16.5. The van der Waals surface area contributed by atoms with Crippen molar-refractivity contribution in [1.82, 2.24) is 25.1 Å². The number of hydrogen-bond acceptors (Lipinski definition) is 5. The molecular formula is C22H25N5O2. The van der Waals surface area contributed by atoms with Crippen molar-refractivity contribution in [1.29, 1.82) is 0 Å². The van der Waals surface area contributed by atoms with Gasteiger partial charge in [-0.3, -0.25) is 9.89 Å². The maximum Gasteiger partial charge on any atom is 0.271 e. The van der Waals surface area contributed by atoms with Crippen molar-refractivity contribution in [3.8, 4) is 0 Å². The quantitative estimate of drug-likeness (QED) is 0.697. The summed E-state index contributed by atoms with van der Waals surface area (Å²) in [7, 11) is 0. The number of carbonyl (C=O) groups is 1. The van der Waals surface area contributed by atoms with Crippen LogP contribution in [0.2, 0.25) is 0 Å². The fourth-order valence-corrected chi connectivity index (χ4v) is 3.76. The maximum absolute atomic E-state index is 12.7. The minimum Gasteiger partial charge on any atom is -0.372 e. The van der Waals surface area contributed by atoms with Gasteiger partial charge in [0.25, 0.3) is 5.91 Å². The zero-order chi connectivity index (χ0) is 20.1. The van der Waals surface area contributed by atoms with E-state index in [9.17, 15) is 4.79 Å². The Kier molecular flexibility index (Phi) is 5.95. The summed E-state index contributed by atoms with van der Waals surface area (Å²) < 4.78 is 5.94. The molecular weight excluding hydrogens is 366 g/mol. The predicted molar refractivity (Wildman–Crippen MR) is 108 cm³/mol. The van der Waals surface area contributed by atoms with Gasteiger partial charge in [-0.05, 0) is 31.4 Å². The van der Waals surface area contributed by atoms with Gasteiger partial charge in [0.2, 0.25) is 0 Å². The van der Waals surface area contributed by atoms with Crippen LogP contribution in [0.3, 0.4) is 0 Å². The molecule has 1 amide bonds. The Hall–Kier alpha value is -3.06. The van der Waals surface area contributed by atoms with E-state index in [2.05, 4.69) is 15.2 Å². The number of ether oxygens (including phenoxy) is 1. The van der Waals surface area contributed by atoms with Crippen LogP contribution in [-0.2, 0) is 18.0 Å². The van der Waals surface area contributed by atoms with Gasteiger partial charge >= 0.3 is 0 Å². The number of H-pyrrole nitrogens is 1. The van der Waals surface area contributed by atoms with Gasteiger partial charge in [0.1, 0.15) is 11.5 Å². The second kappa shape index (κ2) is 8.96. The third kappa shape index (κ3) is 4.68. The summed E-state index contributed by atoms with van der Waals surface area (Å²) in [4.78, 5) is 23.7. The molecule has 1 aromatic carbocycles. The number of benzene rings is 1. The normalized spacial score (nSPS) is 16.7. The first-order valence-corrected chi connectivity index (χ1v) is 9.93. The molecule has 1 aliphatic heterocycles. The number of amides is 1. The molecule has 3 heterocycles. The van der Waals surface area contributed by atoms with Gasteiger partial charge < -0.3 is 9.64 Å². The Morgan fingerprint density at radius 1 is 1.24 bits per heavy atom. The van der Waals surface area contributed by atoms with Crippen molar-refractivity contribution < 1.29 is 9.53 Å². The standard InChI is InChI=1S/C22H25N5O2/c1-16-23-12-19(15-29-14-17-6-3-2-4-7-17)21(25-16)18-8-5-11-27(13-18)22(28)20-9-10-24-26-20/h2-4,6-7,9-10,12,18H,5,8,11,13-15H2,1H3,(H,24,26). The van der Waals surface area contributed by atoms with Gasteiger partial charge in [-0.2, -0.15) is 5.10 Å². The van der Waals surface area contributed by atoms with E-state index in [0.29, 0.717) is 25.5 Å². The molecule has 150 valence electrons. The molecule has 0 saturated carbocycles. The molecule has 1 N–H and O–H groups in total. The minimum atomic E-state index is -0.0140. The van der Waals surface area contributed by atoms with Gasteiger partial charge in [-0.15, -0.1) is 0 Å². The third-order valence-electron chi connectivity index (χ3n) is 5.21. The molecule has 7 heteroatoms. The van der Waals surface area contributed by atoms with Crippen molar-refractivity contribution >= 4 is 5.91 Å². The van der Waals surface area contributed by atoms with E-state index in [-0.39, 0.29) is 11.8 Å². The summed E-state index contributed by atoms with van der Waals surface area (Å²) >= 11 is 0. The number of aromatic nitrogens is 4. The molecule has 2 aromatic heterocycles. The van der Waals surface area contributed by atoms with Crippen molar-refractivity contribution in [2.24, 2.45) is 0 Å². The van der Waals surface area contributed by atoms with Crippen LogP contribution in [0.5, 0.6) is 0 Å². The first kappa shape index (κ1) is 19.3. The summed E-state index contributed by atoms with van der Waals surface area (Å²) in [5.74, 6) is 0.899. The highest BCUT2D eigenvalue weighted by Gasteiger charge is 2.28. The van der Waals surface area contributed by atoms with E-state index in [1.165, 1.54) is 0 Å². The van der Waals surface area contributed by atoms with E-state index in [0.717, 1.165) is 42.0 Å². The van der Waals surface area contributed by atoms with Crippen LogP contribution in [-0.4, -0.2) is 44.1 Å². The predicted octanol–water partition coefficient (Wildman–Crippen LogP) is 3.24. The van der Waals surface area contributed by atoms with Crippen molar-refractivity contribution in [3.05, 3.63) is 77.1 Å². The van der Waals surface area contributed by atoms with Gasteiger partial charge in [-0.25, -0.2) is 9.97 Å². The Bertz CT molecular complexity index is 943. The lowest BCUT2D eigenvalue weighted by molar-refractivity contribution is 0.0697. The summed E-state index contributed by atoms with van der Waals surface area (Å²) in [6.45, 7) is 4.28. The second-order valence-corrected chi connectivity index (χ2v) is 7.37. The Labute approximate surface area is 170 Å². The minimum absolute atomic E-state index is 0.0140. The molecule has 1 aliphatic rings. The molecule has 3 aromatic rings. The van der Waals surface area contributed by atoms with Gasteiger partial charge in [0.05, 0.1) is 18.9 Å². The van der Waals surface area contributed by atoms with Crippen LogP contribution in [0, 0.1) is 6.92 Å². The first-order valence-electron chi connectivity index (χ1n) is 9.93. The number of carbonyl (C=O) groups excluding carboxylic acids is 1. The molecule has 4 rings (SSSR count). The van der Waals surface area contributed by atoms with Crippen molar-refractivity contribution in [2.75, 3.05) is 13.1 Å². The number of hydrogen-bond donors (Lipinski definition) is 1.